The van der Waals surface area contributed by atoms with Crippen LogP contribution in [0, 0.1) is 0 Å². The number of para-hydroxylation sites is 1. The van der Waals surface area contributed by atoms with E-state index < -0.39 is 0 Å². The highest BCUT2D eigenvalue weighted by atomic mass is 35.5. The molecule has 0 unspecified atom stereocenters. The molecule has 1 aromatic heterocycles. The Morgan fingerprint density at radius 1 is 0.786 bits per heavy atom. The average Bonchev–Trinajstić information content (AvgIpc) is 3.17. The molecule has 4 aromatic rings. The van der Waals surface area contributed by atoms with Crippen LogP contribution in [0.4, 0.5) is 5.69 Å². The maximum atomic E-state index is 12.9. The second kappa shape index (κ2) is 7.84. The molecule has 1 N–H and O–H groups in total. The van der Waals surface area contributed by atoms with Gasteiger partial charge in [-0.15, -0.1) is 10.2 Å². The van der Waals surface area contributed by atoms with Crippen molar-refractivity contribution in [3.05, 3.63) is 94.6 Å². The molecular weight excluding hydrogens is 395 g/mol. The molecule has 1 amide bonds. The van der Waals surface area contributed by atoms with Crippen molar-refractivity contribution in [2.75, 3.05) is 5.32 Å². The SMILES string of the molecule is O=C(Nc1ccc(Cl)cc1)c1nn(-c2ccccc2)nc1-c1ccc(Cl)cc1. The van der Waals surface area contributed by atoms with Gasteiger partial charge in [-0.05, 0) is 48.5 Å². The first-order chi connectivity index (χ1) is 13.6. The van der Waals surface area contributed by atoms with Gasteiger partial charge in [-0.1, -0.05) is 53.5 Å². The summed E-state index contributed by atoms with van der Waals surface area (Å²) in [6.45, 7) is 0. The fourth-order valence-electron chi connectivity index (χ4n) is 2.66. The van der Waals surface area contributed by atoms with Crippen molar-refractivity contribution in [1.29, 1.82) is 0 Å². The lowest BCUT2D eigenvalue weighted by molar-refractivity contribution is 0.102. The van der Waals surface area contributed by atoms with Gasteiger partial charge in [-0.25, -0.2) is 0 Å². The van der Waals surface area contributed by atoms with Crippen molar-refractivity contribution in [2.45, 2.75) is 0 Å². The molecule has 5 nitrogen and oxygen atoms in total. The molecule has 4 rings (SSSR count). The largest absolute Gasteiger partial charge is 0.321 e. The fraction of sp³-hybridized carbons (Fsp3) is 0. The van der Waals surface area contributed by atoms with Crippen molar-refractivity contribution >= 4 is 34.8 Å². The number of aromatic nitrogens is 3. The molecular formula is C21H14Cl2N4O. The number of hydrogen-bond acceptors (Lipinski definition) is 3. The number of benzene rings is 3. The molecule has 3 aromatic carbocycles. The van der Waals surface area contributed by atoms with E-state index in [9.17, 15) is 4.79 Å². The highest BCUT2D eigenvalue weighted by Gasteiger charge is 2.21. The first-order valence-electron chi connectivity index (χ1n) is 8.46. The van der Waals surface area contributed by atoms with Gasteiger partial charge in [0, 0.05) is 21.3 Å². The number of carbonyl (C=O) groups is 1. The van der Waals surface area contributed by atoms with E-state index in [0.717, 1.165) is 11.3 Å². The lowest BCUT2D eigenvalue weighted by Crippen LogP contribution is -2.14. The minimum absolute atomic E-state index is 0.209. The van der Waals surface area contributed by atoms with Crippen molar-refractivity contribution < 1.29 is 4.79 Å². The van der Waals surface area contributed by atoms with Crippen molar-refractivity contribution in [1.82, 2.24) is 15.0 Å². The van der Waals surface area contributed by atoms with E-state index in [0.29, 0.717) is 21.4 Å². The van der Waals surface area contributed by atoms with E-state index in [1.165, 1.54) is 4.80 Å². The predicted octanol–water partition coefficient (Wildman–Crippen LogP) is 5.49. The van der Waals surface area contributed by atoms with Gasteiger partial charge in [-0.3, -0.25) is 4.79 Å². The number of halogens is 2. The molecule has 0 aliphatic carbocycles. The summed E-state index contributed by atoms with van der Waals surface area (Å²) in [6.07, 6.45) is 0. The van der Waals surface area contributed by atoms with Gasteiger partial charge in [0.05, 0.1) is 5.69 Å². The van der Waals surface area contributed by atoms with Crippen molar-refractivity contribution in [2.24, 2.45) is 0 Å². The van der Waals surface area contributed by atoms with Crippen LogP contribution in [0.15, 0.2) is 78.9 Å². The summed E-state index contributed by atoms with van der Waals surface area (Å²) in [5.41, 5.74) is 2.79. The number of carbonyl (C=O) groups excluding carboxylic acids is 1. The molecule has 0 saturated heterocycles. The van der Waals surface area contributed by atoms with Crippen molar-refractivity contribution in [3.8, 4) is 16.9 Å². The third-order valence-electron chi connectivity index (χ3n) is 4.04. The van der Waals surface area contributed by atoms with Gasteiger partial charge in [0.2, 0.25) is 0 Å². The molecule has 138 valence electrons. The molecule has 7 heteroatoms. The molecule has 0 bridgehead atoms. The van der Waals surface area contributed by atoms with E-state index in [4.69, 9.17) is 23.2 Å². The van der Waals surface area contributed by atoms with Crippen LogP contribution in [-0.2, 0) is 0 Å². The monoisotopic (exact) mass is 408 g/mol. The quantitative estimate of drug-likeness (QED) is 0.485. The highest BCUT2D eigenvalue weighted by Crippen LogP contribution is 2.24. The normalized spacial score (nSPS) is 10.6. The van der Waals surface area contributed by atoms with Gasteiger partial charge >= 0.3 is 0 Å². The molecule has 0 aliphatic heterocycles. The predicted molar refractivity (Wildman–Crippen MR) is 111 cm³/mol. The summed E-state index contributed by atoms with van der Waals surface area (Å²) in [5, 5.41) is 13.0. The van der Waals surface area contributed by atoms with Gasteiger partial charge < -0.3 is 5.32 Å². The lowest BCUT2D eigenvalue weighted by atomic mass is 10.1. The Morgan fingerprint density at radius 3 is 2.04 bits per heavy atom. The molecule has 0 aliphatic rings. The van der Waals surface area contributed by atoms with Crippen LogP contribution in [0.2, 0.25) is 10.0 Å². The van der Waals surface area contributed by atoms with Crippen LogP contribution in [0.3, 0.4) is 0 Å². The van der Waals surface area contributed by atoms with Gasteiger partial charge in [-0.2, -0.15) is 4.80 Å². The second-order valence-corrected chi connectivity index (χ2v) is 6.86. The third-order valence-corrected chi connectivity index (χ3v) is 4.54. The molecule has 1 heterocycles. The Hall–Kier alpha value is -3.15. The maximum absolute atomic E-state index is 12.9. The minimum atomic E-state index is -0.366. The van der Waals surface area contributed by atoms with Crippen molar-refractivity contribution in [3.63, 3.8) is 0 Å². The Labute approximate surface area is 171 Å². The number of amides is 1. The summed E-state index contributed by atoms with van der Waals surface area (Å²) in [4.78, 5) is 14.4. The zero-order chi connectivity index (χ0) is 19.5. The Kier molecular flexibility index (Phi) is 5.10. The van der Waals surface area contributed by atoms with Crippen LogP contribution >= 0.6 is 23.2 Å². The summed E-state index contributed by atoms with van der Waals surface area (Å²) in [7, 11) is 0. The molecule has 28 heavy (non-hydrogen) atoms. The maximum Gasteiger partial charge on any atom is 0.278 e. The molecule has 0 saturated carbocycles. The summed E-state index contributed by atoms with van der Waals surface area (Å²) in [6, 6.07) is 23.4. The van der Waals surface area contributed by atoms with Gasteiger partial charge in [0.15, 0.2) is 5.69 Å². The highest BCUT2D eigenvalue weighted by molar-refractivity contribution is 6.31. The first kappa shape index (κ1) is 18.2. The van der Waals surface area contributed by atoms with E-state index in [-0.39, 0.29) is 11.6 Å². The first-order valence-corrected chi connectivity index (χ1v) is 9.21. The minimum Gasteiger partial charge on any atom is -0.321 e. The standard InChI is InChI=1S/C21H14Cl2N4O/c22-15-8-6-14(7-9-15)19-20(21(28)24-17-12-10-16(23)11-13-17)26-27(25-19)18-4-2-1-3-5-18/h1-13H,(H,24,28). The van der Waals surface area contributed by atoms with Crippen LogP contribution in [0.5, 0.6) is 0 Å². The summed E-state index contributed by atoms with van der Waals surface area (Å²) in [5.74, 6) is -0.366. The molecule has 0 fully saturated rings. The van der Waals surface area contributed by atoms with Crippen LogP contribution in [0.1, 0.15) is 10.5 Å². The number of nitrogens with zero attached hydrogens (tertiary/aromatic N) is 3. The number of hydrogen-bond donors (Lipinski definition) is 1. The van der Waals surface area contributed by atoms with E-state index >= 15 is 0 Å². The Bertz CT molecular complexity index is 1110. The zero-order valence-electron chi connectivity index (χ0n) is 14.5. The molecule has 0 radical (unpaired) electrons. The summed E-state index contributed by atoms with van der Waals surface area (Å²) < 4.78 is 0. The lowest BCUT2D eigenvalue weighted by Gasteiger charge is -2.04. The molecule has 0 atom stereocenters. The van der Waals surface area contributed by atoms with E-state index in [1.54, 1.807) is 48.5 Å². The molecule has 0 spiro atoms. The Morgan fingerprint density at radius 2 is 1.39 bits per heavy atom. The van der Waals surface area contributed by atoms with Gasteiger partial charge in [0.1, 0.15) is 5.69 Å². The second-order valence-electron chi connectivity index (χ2n) is 5.99. The van der Waals surface area contributed by atoms with Crippen LogP contribution in [0.25, 0.3) is 16.9 Å². The fourth-order valence-corrected chi connectivity index (χ4v) is 2.91. The topological polar surface area (TPSA) is 59.8 Å². The van der Waals surface area contributed by atoms with Crippen LogP contribution in [-0.4, -0.2) is 20.9 Å². The number of rotatable bonds is 4. The number of nitrogens with one attached hydrogen (secondary N) is 1. The summed E-state index contributed by atoms with van der Waals surface area (Å²) >= 11 is 11.9. The van der Waals surface area contributed by atoms with Crippen LogP contribution < -0.4 is 5.32 Å². The van der Waals surface area contributed by atoms with E-state index in [1.807, 2.05) is 30.3 Å². The van der Waals surface area contributed by atoms with E-state index in [2.05, 4.69) is 15.5 Å². The smallest absolute Gasteiger partial charge is 0.278 e. The zero-order valence-corrected chi connectivity index (χ0v) is 16.0. The van der Waals surface area contributed by atoms with Gasteiger partial charge in [0.25, 0.3) is 5.91 Å². The Balaban J connectivity index is 1.75. The number of anilines is 1. The third kappa shape index (κ3) is 3.91. The average molecular weight is 409 g/mol.